The molecule has 1 aromatic heterocycles. The minimum atomic E-state index is 0.553. The van der Waals surface area contributed by atoms with Crippen molar-refractivity contribution in [3.05, 3.63) is 29.0 Å². The molecule has 82 valence electrons. The largest absolute Gasteiger partial charge is 0.317 e. The predicted octanol–water partition coefficient (Wildman–Crippen LogP) is 2.67. The van der Waals surface area contributed by atoms with Crippen LogP contribution in [0.4, 0.5) is 0 Å². The van der Waals surface area contributed by atoms with Crippen LogP contribution in [0.5, 0.6) is 0 Å². The third kappa shape index (κ3) is 3.18. The zero-order valence-electron chi connectivity index (χ0n) is 9.04. The van der Waals surface area contributed by atoms with Crippen molar-refractivity contribution in [2.45, 2.75) is 31.7 Å². The second-order valence-electron chi connectivity index (χ2n) is 4.34. The van der Waals surface area contributed by atoms with Gasteiger partial charge in [-0.15, -0.1) is 0 Å². The summed E-state index contributed by atoms with van der Waals surface area (Å²) in [5, 5.41) is 4.16. The van der Waals surface area contributed by atoms with Crippen LogP contribution in [0.2, 0.25) is 5.02 Å². The molecule has 1 N–H and O–H groups in total. The lowest BCUT2D eigenvalue weighted by Crippen LogP contribution is -2.28. The molecule has 0 spiro atoms. The summed E-state index contributed by atoms with van der Waals surface area (Å²) in [4.78, 5) is 4.00. The van der Waals surface area contributed by atoms with Crippen molar-refractivity contribution in [1.82, 2.24) is 10.3 Å². The maximum absolute atomic E-state index is 6.09. The van der Waals surface area contributed by atoms with Gasteiger partial charge in [-0.1, -0.05) is 24.4 Å². The Balaban J connectivity index is 1.95. The minimum Gasteiger partial charge on any atom is -0.317 e. The number of rotatable bonds is 5. The smallest absolute Gasteiger partial charge is 0.0621 e. The quantitative estimate of drug-likeness (QED) is 0.832. The zero-order valence-corrected chi connectivity index (χ0v) is 9.80. The van der Waals surface area contributed by atoms with Gasteiger partial charge in [-0.3, -0.25) is 4.98 Å². The van der Waals surface area contributed by atoms with E-state index in [0.29, 0.717) is 6.04 Å². The Morgan fingerprint density at radius 1 is 1.60 bits per heavy atom. The summed E-state index contributed by atoms with van der Waals surface area (Å²) in [6.07, 6.45) is 8.62. The number of hydrogen-bond donors (Lipinski definition) is 1. The molecule has 15 heavy (non-hydrogen) atoms. The van der Waals surface area contributed by atoms with Crippen LogP contribution in [0.1, 0.15) is 24.8 Å². The Bertz CT molecular complexity index is 323. The van der Waals surface area contributed by atoms with Crippen molar-refractivity contribution in [1.29, 1.82) is 0 Å². The Kier molecular flexibility index (Phi) is 3.60. The summed E-state index contributed by atoms with van der Waals surface area (Å²) < 4.78 is 0. The van der Waals surface area contributed by atoms with Gasteiger partial charge in [0, 0.05) is 18.4 Å². The molecule has 3 heteroatoms. The van der Waals surface area contributed by atoms with Gasteiger partial charge in [0.2, 0.25) is 0 Å². The summed E-state index contributed by atoms with van der Waals surface area (Å²) in [7, 11) is 2.03. The normalized spacial score (nSPS) is 17.7. The van der Waals surface area contributed by atoms with Gasteiger partial charge >= 0.3 is 0 Å². The third-order valence-electron chi connectivity index (χ3n) is 3.05. The molecular formula is C12H17ClN2. The van der Waals surface area contributed by atoms with Gasteiger partial charge < -0.3 is 5.32 Å². The van der Waals surface area contributed by atoms with Crippen LogP contribution in [0.25, 0.3) is 0 Å². The lowest BCUT2D eigenvalue weighted by molar-refractivity contribution is 0.490. The molecule has 1 aliphatic rings. The van der Waals surface area contributed by atoms with Crippen LogP contribution in [0.15, 0.2) is 18.5 Å². The molecule has 1 saturated carbocycles. The molecule has 0 aliphatic heterocycles. The molecule has 1 fully saturated rings. The van der Waals surface area contributed by atoms with E-state index in [0.717, 1.165) is 17.4 Å². The molecule has 1 atom stereocenters. The van der Waals surface area contributed by atoms with Gasteiger partial charge in [0.1, 0.15) is 0 Å². The van der Waals surface area contributed by atoms with Crippen LogP contribution < -0.4 is 5.32 Å². The molecular weight excluding hydrogens is 208 g/mol. The molecule has 2 rings (SSSR count). The highest BCUT2D eigenvalue weighted by Crippen LogP contribution is 2.34. The van der Waals surface area contributed by atoms with Crippen LogP contribution in [0, 0.1) is 5.92 Å². The maximum atomic E-state index is 6.09. The number of nitrogens with one attached hydrogen (secondary N) is 1. The molecule has 2 nitrogen and oxygen atoms in total. The fourth-order valence-electron chi connectivity index (χ4n) is 1.89. The van der Waals surface area contributed by atoms with Gasteiger partial charge in [-0.05, 0) is 37.4 Å². The lowest BCUT2D eigenvalue weighted by Gasteiger charge is -2.16. The Morgan fingerprint density at radius 3 is 3.00 bits per heavy atom. The van der Waals surface area contributed by atoms with E-state index in [1.165, 1.54) is 24.8 Å². The Morgan fingerprint density at radius 2 is 2.40 bits per heavy atom. The fraction of sp³-hybridized carbons (Fsp3) is 0.583. The summed E-state index contributed by atoms with van der Waals surface area (Å²) in [6, 6.07) is 2.57. The number of halogens is 1. The van der Waals surface area contributed by atoms with E-state index >= 15 is 0 Å². The van der Waals surface area contributed by atoms with Crippen molar-refractivity contribution in [2.24, 2.45) is 5.92 Å². The van der Waals surface area contributed by atoms with Crippen LogP contribution in [0.3, 0.4) is 0 Å². The Labute approximate surface area is 96.1 Å². The van der Waals surface area contributed by atoms with E-state index in [1.54, 1.807) is 6.20 Å². The van der Waals surface area contributed by atoms with Crippen molar-refractivity contribution in [2.75, 3.05) is 7.05 Å². The van der Waals surface area contributed by atoms with Crippen molar-refractivity contribution in [3.8, 4) is 0 Å². The monoisotopic (exact) mass is 224 g/mol. The second-order valence-corrected chi connectivity index (χ2v) is 4.74. The molecule has 0 amide bonds. The zero-order chi connectivity index (χ0) is 10.7. The van der Waals surface area contributed by atoms with E-state index in [-0.39, 0.29) is 0 Å². The van der Waals surface area contributed by atoms with Crippen molar-refractivity contribution >= 4 is 11.6 Å². The molecule has 0 bridgehead atoms. The third-order valence-corrected chi connectivity index (χ3v) is 3.39. The minimum absolute atomic E-state index is 0.553. The summed E-state index contributed by atoms with van der Waals surface area (Å²) >= 11 is 6.09. The van der Waals surface area contributed by atoms with Gasteiger partial charge in [-0.25, -0.2) is 0 Å². The van der Waals surface area contributed by atoms with Crippen LogP contribution >= 0.6 is 11.6 Å². The molecule has 1 aliphatic carbocycles. The molecule has 0 aromatic carbocycles. The maximum Gasteiger partial charge on any atom is 0.0621 e. The average Bonchev–Trinajstić information content (AvgIpc) is 3.04. The van der Waals surface area contributed by atoms with Crippen LogP contribution in [-0.4, -0.2) is 18.1 Å². The lowest BCUT2D eigenvalue weighted by atomic mass is 10.0. The summed E-state index contributed by atoms with van der Waals surface area (Å²) in [5.41, 5.74) is 1.20. The van der Waals surface area contributed by atoms with Gasteiger partial charge in [0.05, 0.1) is 5.02 Å². The van der Waals surface area contributed by atoms with E-state index in [1.807, 2.05) is 19.3 Å². The number of hydrogen-bond acceptors (Lipinski definition) is 2. The molecule has 1 aromatic rings. The molecule has 1 unspecified atom stereocenters. The van der Waals surface area contributed by atoms with Crippen molar-refractivity contribution < 1.29 is 0 Å². The van der Waals surface area contributed by atoms with Crippen LogP contribution in [-0.2, 0) is 6.42 Å². The highest BCUT2D eigenvalue weighted by molar-refractivity contribution is 6.31. The predicted molar refractivity (Wildman–Crippen MR) is 63.1 cm³/mol. The first-order valence-corrected chi connectivity index (χ1v) is 5.93. The SMILES string of the molecule is CNC(Cc1ccncc1Cl)CC1CC1. The molecule has 0 saturated heterocycles. The van der Waals surface area contributed by atoms with E-state index in [2.05, 4.69) is 10.3 Å². The molecule has 0 radical (unpaired) electrons. The first-order chi connectivity index (χ1) is 7.29. The number of likely N-dealkylation sites (N-methyl/N-ethyl adjacent to an activating group) is 1. The topological polar surface area (TPSA) is 24.9 Å². The second kappa shape index (κ2) is 4.95. The highest BCUT2D eigenvalue weighted by atomic mass is 35.5. The van der Waals surface area contributed by atoms with E-state index in [9.17, 15) is 0 Å². The average molecular weight is 225 g/mol. The van der Waals surface area contributed by atoms with Gasteiger partial charge in [-0.2, -0.15) is 0 Å². The Hall–Kier alpha value is -0.600. The number of aromatic nitrogens is 1. The highest BCUT2D eigenvalue weighted by Gasteiger charge is 2.25. The first kappa shape index (κ1) is 10.9. The number of pyridine rings is 1. The van der Waals surface area contributed by atoms with Crippen molar-refractivity contribution in [3.63, 3.8) is 0 Å². The van der Waals surface area contributed by atoms with Gasteiger partial charge in [0.15, 0.2) is 0 Å². The molecule has 1 heterocycles. The summed E-state index contributed by atoms with van der Waals surface area (Å²) in [6.45, 7) is 0. The fourth-order valence-corrected chi connectivity index (χ4v) is 2.09. The number of nitrogens with zero attached hydrogens (tertiary/aromatic N) is 1. The van der Waals surface area contributed by atoms with E-state index < -0.39 is 0 Å². The van der Waals surface area contributed by atoms with Gasteiger partial charge in [0.25, 0.3) is 0 Å². The van der Waals surface area contributed by atoms with E-state index in [4.69, 9.17) is 11.6 Å². The summed E-state index contributed by atoms with van der Waals surface area (Å²) in [5.74, 6) is 0.947. The standard InChI is InChI=1S/C12H17ClN2/c1-14-11(6-9-2-3-9)7-10-4-5-15-8-12(10)13/h4-5,8-9,11,14H,2-3,6-7H2,1H3. The first-order valence-electron chi connectivity index (χ1n) is 5.55.